The largest absolute Gasteiger partial charge is 0.427 e. The number of hydrogen-bond acceptors (Lipinski definition) is 10. The van der Waals surface area contributed by atoms with Gasteiger partial charge in [-0.05, 0) is 116 Å². The highest BCUT2D eigenvalue weighted by Gasteiger charge is 2.69. The van der Waals surface area contributed by atoms with Crippen molar-refractivity contribution in [1.29, 1.82) is 0 Å². The SMILES string of the molecule is CCC1(C=C2OC(=O)C3=C2CC[C@@H]2[C@@H]3[C@]34CC[C@H]2C2=C3C(=O)OC4=CC[C@@H](C3CCCCC3)CSSCNc3cc(ccn3)[C@@H]2CN2C(=O)C=CC2=O)CCCC1. The van der Waals surface area contributed by atoms with Crippen LogP contribution < -0.4 is 5.32 Å². The molecule has 1 saturated heterocycles. The van der Waals surface area contributed by atoms with Crippen molar-refractivity contribution in [2.45, 2.75) is 109 Å². The minimum Gasteiger partial charge on any atom is -0.427 e. The quantitative estimate of drug-likeness (QED) is 0.175. The van der Waals surface area contributed by atoms with E-state index in [1.54, 1.807) is 17.0 Å². The van der Waals surface area contributed by atoms with E-state index in [1.165, 1.54) is 62.0 Å². The van der Waals surface area contributed by atoms with Crippen LogP contribution in [0.25, 0.3) is 0 Å². The number of ether oxygens (including phenoxy) is 2. The second kappa shape index (κ2) is 14.9. The highest BCUT2D eigenvalue weighted by Crippen LogP contribution is 2.72. The molecule has 1 N–H and O–H groups in total. The van der Waals surface area contributed by atoms with Crippen LogP contribution in [0.3, 0.4) is 0 Å². The summed E-state index contributed by atoms with van der Waals surface area (Å²) in [5.74, 6) is 2.95. The Balaban J connectivity index is 1.17. The molecule has 3 saturated carbocycles. The highest BCUT2D eigenvalue weighted by atomic mass is 33.1. The number of fused-ring (bicyclic) bond motifs is 3. The fraction of sp³-hybridized carbons (Fsp3) is 0.587. The number of rotatable bonds is 5. The summed E-state index contributed by atoms with van der Waals surface area (Å²) in [7, 11) is 3.69. The van der Waals surface area contributed by atoms with Crippen molar-refractivity contribution in [2.75, 3.05) is 23.5 Å². The van der Waals surface area contributed by atoms with Crippen LogP contribution in [0.15, 0.2) is 76.4 Å². The van der Waals surface area contributed by atoms with Gasteiger partial charge in [-0.1, -0.05) is 73.5 Å². The predicted octanol–water partition coefficient (Wildman–Crippen LogP) is 9.32. The average Bonchev–Trinajstić information content (AvgIpc) is 3.99. The number of allylic oxidation sites excluding steroid dienone is 4. The second-order valence-corrected chi connectivity index (χ2v) is 20.6. The van der Waals surface area contributed by atoms with E-state index >= 15 is 0 Å². The fourth-order valence-electron chi connectivity index (χ4n) is 12.8. The zero-order valence-corrected chi connectivity index (χ0v) is 34.5. The van der Waals surface area contributed by atoms with Crippen molar-refractivity contribution in [2.24, 2.45) is 40.4 Å². The van der Waals surface area contributed by atoms with E-state index in [0.29, 0.717) is 35.5 Å². The van der Waals surface area contributed by atoms with Gasteiger partial charge in [0.25, 0.3) is 11.8 Å². The number of imide groups is 1. The van der Waals surface area contributed by atoms with E-state index in [-0.39, 0.29) is 53.5 Å². The molecule has 57 heavy (non-hydrogen) atoms. The third-order valence-electron chi connectivity index (χ3n) is 15.6. The van der Waals surface area contributed by atoms with Crippen LogP contribution in [-0.2, 0) is 28.7 Å². The van der Waals surface area contributed by atoms with Crippen molar-refractivity contribution < 1.29 is 28.7 Å². The van der Waals surface area contributed by atoms with Crippen LogP contribution in [0.2, 0.25) is 0 Å². The summed E-state index contributed by atoms with van der Waals surface area (Å²) in [4.78, 5) is 61.8. The van der Waals surface area contributed by atoms with Gasteiger partial charge in [0, 0.05) is 53.6 Å². The molecule has 1 aromatic rings. The molecule has 4 fully saturated rings. The second-order valence-electron chi connectivity index (χ2n) is 18.1. The Morgan fingerprint density at radius 1 is 0.930 bits per heavy atom. The normalized spacial score (nSPS) is 34.4. The van der Waals surface area contributed by atoms with Crippen molar-refractivity contribution in [3.8, 4) is 0 Å². The smallest absolute Gasteiger partial charge is 0.340 e. The van der Waals surface area contributed by atoms with E-state index < -0.39 is 11.3 Å². The molecule has 1 aromatic heterocycles. The van der Waals surface area contributed by atoms with E-state index in [2.05, 4.69) is 29.4 Å². The molecule has 11 rings (SSSR count). The van der Waals surface area contributed by atoms with Crippen LogP contribution in [0.5, 0.6) is 0 Å². The number of nitrogens with one attached hydrogen (secondary N) is 1. The summed E-state index contributed by atoms with van der Waals surface area (Å²) in [6, 6.07) is 3.99. The van der Waals surface area contributed by atoms with Crippen molar-refractivity contribution in [3.05, 3.63) is 82.0 Å². The number of carbonyl (C=O) groups is 4. The number of pyridine rings is 1. The van der Waals surface area contributed by atoms with Crippen LogP contribution in [-0.4, -0.2) is 51.8 Å². The summed E-state index contributed by atoms with van der Waals surface area (Å²) < 4.78 is 13.0. The predicted molar refractivity (Wildman–Crippen MR) is 221 cm³/mol. The summed E-state index contributed by atoms with van der Waals surface area (Å²) in [5.41, 5.74) is 3.54. The van der Waals surface area contributed by atoms with Crippen LogP contribution in [0.4, 0.5) is 5.82 Å². The molecule has 4 aliphatic heterocycles. The molecule has 5 heterocycles. The number of amides is 2. The summed E-state index contributed by atoms with van der Waals surface area (Å²) in [6.45, 7) is 2.36. The van der Waals surface area contributed by atoms with Gasteiger partial charge < -0.3 is 14.8 Å². The van der Waals surface area contributed by atoms with Crippen molar-refractivity contribution in [3.63, 3.8) is 0 Å². The zero-order chi connectivity index (χ0) is 38.9. The van der Waals surface area contributed by atoms with E-state index in [9.17, 15) is 19.2 Å². The maximum Gasteiger partial charge on any atom is 0.340 e. The number of nitrogens with zero attached hydrogens (tertiary/aromatic N) is 2. The molecule has 0 unspecified atom stereocenters. The average molecular weight is 808 g/mol. The van der Waals surface area contributed by atoms with Gasteiger partial charge in [-0.25, -0.2) is 14.6 Å². The van der Waals surface area contributed by atoms with Crippen LogP contribution in [0.1, 0.15) is 115 Å². The van der Waals surface area contributed by atoms with E-state index in [1.807, 2.05) is 22.9 Å². The third kappa shape index (κ3) is 6.22. The molecular formula is C46H53N3O6S2. The number of hydrogen-bond donors (Lipinski definition) is 1. The molecule has 10 aliphatic rings. The molecule has 1 spiro atoms. The Kier molecular flexibility index (Phi) is 9.86. The Hall–Kier alpha value is -3.57. The van der Waals surface area contributed by atoms with E-state index in [4.69, 9.17) is 9.47 Å². The number of anilines is 1. The first kappa shape index (κ1) is 37.7. The Labute approximate surface area is 343 Å². The van der Waals surface area contributed by atoms with Gasteiger partial charge in [0.15, 0.2) is 0 Å². The molecule has 9 nitrogen and oxygen atoms in total. The number of esters is 2. The highest BCUT2D eigenvalue weighted by molar-refractivity contribution is 8.76. The first-order valence-corrected chi connectivity index (χ1v) is 24.1. The summed E-state index contributed by atoms with van der Waals surface area (Å²) >= 11 is 0. The summed E-state index contributed by atoms with van der Waals surface area (Å²) in [6.07, 6.45) is 24.8. The van der Waals surface area contributed by atoms with Crippen LogP contribution >= 0.6 is 21.6 Å². The minimum atomic E-state index is -0.836. The maximum absolute atomic E-state index is 14.9. The van der Waals surface area contributed by atoms with Gasteiger partial charge in [0.2, 0.25) is 0 Å². The van der Waals surface area contributed by atoms with Gasteiger partial charge in [0.05, 0.1) is 16.9 Å². The number of carbonyl (C=O) groups excluding carboxylic acids is 4. The molecule has 300 valence electrons. The van der Waals surface area contributed by atoms with Gasteiger partial charge in [0.1, 0.15) is 17.3 Å². The van der Waals surface area contributed by atoms with Crippen LogP contribution in [0, 0.1) is 40.4 Å². The summed E-state index contributed by atoms with van der Waals surface area (Å²) in [5, 5.41) is 3.52. The van der Waals surface area contributed by atoms with Crippen molar-refractivity contribution >= 4 is 51.2 Å². The monoisotopic (exact) mass is 807 g/mol. The first-order chi connectivity index (χ1) is 27.8. The molecule has 7 bridgehead atoms. The van der Waals surface area contributed by atoms with Crippen molar-refractivity contribution in [1.82, 2.24) is 9.88 Å². The van der Waals surface area contributed by atoms with Gasteiger partial charge >= 0.3 is 11.9 Å². The minimum absolute atomic E-state index is 0.0402. The maximum atomic E-state index is 14.9. The lowest BCUT2D eigenvalue weighted by Crippen LogP contribution is -2.53. The lowest BCUT2D eigenvalue weighted by atomic mass is 9.43. The van der Waals surface area contributed by atoms with Gasteiger partial charge in [-0.15, -0.1) is 0 Å². The lowest BCUT2D eigenvalue weighted by molar-refractivity contribution is -0.137. The molecule has 0 aromatic carbocycles. The molecular weight excluding hydrogens is 755 g/mol. The lowest BCUT2D eigenvalue weighted by Gasteiger charge is -2.57. The number of cyclic esters (lactones) is 1. The number of aromatic nitrogens is 1. The standard InChI is InChI=1S/C46H53N3O6S2/c1-2-45(18-6-7-19-45)23-34-32-12-11-31-30-16-20-46(41(31)40(32)43(52)54-34)35-13-10-29(27-8-4-3-5-9-27)25-56-57-26-48-36-22-28(17-21-47-36)33(39(30)42(46)44(53)55-35)24-49-37(50)14-15-38(49)51/h13-15,17,21-23,27,29-31,33,41H,2-12,16,18-20,24-26H2,1H3,(H,47,48)/t29-,30-,31+,33+,41+,46-/m1/s1. The van der Waals surface area contributed by atoms with Gasteiger partial charge in [-0.3, -0.25) is 14.5 Å². The Morgan fingerprint density at radius 2 is 1.74 bits per heavy atom. The van der Waals surface area contributed by atoms with Gasteiger partial charge in [-0.2, -0.15) is 0 Å². The molecule has 6 aliphatic carbocycles. The molecule has 0 radical (unpaired) electrons. The molecule has 6 atom stereocenters. The molecule has 11 heteroatoms. The third-order valence-corrected chi connectivity index (χ3v) is 17.8. The Bertz CT molecular complexity index is 2040. The molecule has 2 amide bonds. The van der Waals surface area contributed by atoms with E-state index in [0.717, 1.165) is 84.6 Å². The zero-order valence-electron chi connectivity index (χ0n) is 32.9. The fourth-order valence-corrected chi connectivity index (χ4v) is 15.0. The topological polar surface area (TPSA) is 115 Å². The first-order valence-electron chi connectivity index (χ1n) is 21.6. The Morgan fingerprint density at radius 3 is 2.53 bits per heavy atom.